The number of carbonyl (C=O) groups excluding carboxylic acids is 1. The smallest absolute Gasteiger partial charge is 0.342 e. The van der Waals surface area contributed by atoms with E-state index in [2.05, 4.69) is 5.32 Å². The Morgan fingerprint density at radius 2 is 2.00 bits per heavy atom. The van der Waals surface area contributed by atoms with Crippen LogP contribution in [0.5, 0.6) is 0 Å². The van der Waals surface area contributed by atoms with Gasteiger partial charge in [0.2, 0.25) is 5.91 Å². The maximum atomic E-state index is 12.6. The van der Waals surface area contributed by atoms with Crippen molar-refractivity contribution in [3.63, 3.8) is 0 Å². The van der Waals surface area contributed by atoms with E-state index < -0.39 is 17.6 Å². The van der Waals surface area contributed by atoms with E-state index in [9.17, 15) is 18.0 Å². The lowest BCUT2D eigenvalue weighted by atomic mass is 9.96. The van der Waals surface area contributed by atoms with E-state index in [4.69, 9.17) is 5.73 Å². The van der Waals surface area contributed by atoms with E-state index in [1.54, 1.807) is 0 Å². The van der Waals surface area contributed by atoms with Gasteiger partial charge in [-0.2, -0.15) is 13.2 Å². The predicted octanol–water partition coefficient (Wildman–Crippen LogP) is 2.35. The second kappa shape index (κ2) is 5.91. The molecular formula is C12H21F3N2O. The van der Waals surface area contributed by atoms with Crippen molar-refractivity contribution in [1.29, 1.82) is 0 Å². The van der Waals surface area contributed by atoms with Gasteiger partial charge in [-0.1, -0.05) is 13.3 Å². The summed E-state index contributed by atoms with van der Waals surface area (Å²) in [6, 6.07) is 0. The van der Waals surface area contributed by atoms with Crippen LogP contribution in [0.15, 0.2) is 0 Å². The highest BCUT2D eigenvalue weighted by atomic mass is 19.4. The van der Waals surface area contributed by atoms with Crippen molar-refractivity contribution in [2.45, 2.75) is 57.2 Å². The van der Waals surface area contributed by atoms with Crippen LogP contribution in [-0.4, -0.2) is 24.2 Å². The molecule has 1 saturated carbocycles. The molecule has 1 aliphatic rings. The van der Waals surface area contributed by atoms with Gasteiger partial charge in [-0.3, -0.25) is 4.79 Å². The molecule has 0 saturated heterocycles. The SMILES string of the molecule is CCC(CCN)CCC(=O)NC1(C(F)(F)F)CC1. The van der Waals surface area contributed by atoms with Gasteiger partial charge in [0.15, 0.2) is 0 Å². The fourth-order valence-electron chi connectivity index (χ4n) is 2.06. The van der Waals surface area contributed by atoms with Gasteiger partial charge < -0.3 is 11.1 Å². The van der Waals surface area contributed by atoms with Gasteiger partial charge in [0.25, 0.3) is 0 Å². The summed E-state index contributed by atoms with van der Waals surface area (Å²) in [5.41, 5.74) is 3.50. The van der Waals surface area contributed by atoms with Crippen LogP contribution in [0.2, 0.25) is 0 Å². The van der Waals surface area contributed by atoms with Crippen molar-refractivity contribution in [2.24, 2.45) is 11.7 Å². The number of hydrogen-bond donors (Lipinski definition) is 2. The minimum absolute atomic E-state index is 0.00223. The van der Waals surface area contributed by atoms with Crippen molar-refractivity contribution in [3.05, 3.63) is 0 Å². The topological polar surface area (TPSA) is 55.1 Å². The molecule has 0 heterocycles. The predicted molar refractivity (Wildman–Crippen MR) is 62.8 cm³/mol. The number of halogens is 3. The van der Waals surface area contributed by atoms with Crippen LogP contribution in [0.1, 0.15) is 45.4 Å². The third-order valence-electron chi connectivity index (χ3n) is 3.60. The van der Waals surface area contributed by atoms with Crippen molar-refractivity contribution >= 4 is 5.91 Å². The molecular weight excluding hydrogens is 245 g/mol. The standard InChI is InChI=1S/C12H21F3N2O/c1-2-9(5-8-16)3-4-10(18)17-11(6-7-11)12(13,14)15/h9H,2-8,16H2,1H3,(H,17,18). The molecule has 18 heavy (non-hydrogen) atoms. The Hall–Kier alpha value is -0.780. The molecule has 1 aliphatic carbocycles. The van der Waals surface area contributed by atoms with Gasteiger partial charge >= 0.3 is 6.18 Å². The molecule has 0 radical (unpaired) electrons. The first-order valence-electron chi connectivity index (χ1n) is 6.42. The van der Waals surface area contributed by atoms with Crippen LogP contribution in [-0.2, 0) is 4.79 Å². The second-order valence-corrected chi connectivity index (χ2v) is 5.02. The van der Waals surface area contributed by atoms with E-state index in [-0.39, 0.29) is 19.3 Å². The molecule has 0 aromatic heterocycles. The lowest BCUT2D eigenvalue weighted by Crippen LogP contribution is -2.47. The van der Waals surface area contributed by atoms with Crippen LogP contribution >= 0.6 is 0 Å². The zero-order chi connectivity index (χ0) is 13.8. The molecule has 0 spiro atoms. The zero-order valence-corrected chi connectivity index (χ0v) is 10.6. The summed E-state index contributed by atoms with van der Waals surface area (Å²) in [5, 5.41) is 2.13. The number of rotatable bonds is 7. The summed E-state index contributed by atoms with van der Waals surface area (Å²) >= 11 is 0. The minimum atomic E-state index is -4.33. The first kappa shape index (κ1) is 15.3. The van der Waals surface area contributed by atoms with E-state index in [0.717, 1.165) is 12.8 Å². The molecule has 1 fully saturated rings. The van der Waals surface area contributed by atoms with E-state index in [1.807, 2.05) is 6.92 Å². The second-order valence-electron chi connectivity index (χ2n) is 5.02. The summed E-state index contributed by atoms with van der Waals surface area (Å²) in [6.45, 7) is 2.54. The summed E-state index contributed by atoms with van der Waals surface area (Å²) < 4.78 is 37.8. The molecule has 1 rings (SSSR count). The maximum absolute atomic E-state index is 12.6. The van der Waals surface area contributed by atoms with Crippen LogP contribution in [0, 0.1) is 5.92 Å². The Balaban J connectivity index is 2.34. The summed E-state index contributed by atoms with van der Waals surface area (Å²) in [5.74, 6) is -0.179. The number of hydrogen-bond acceptors (Lipinski definition) is 2. The first-order chi connectivity index (χ1) is 8.34. The molecule has 1 atom stereocenters. The average Bonchev–Trinajstić information content (AvgIpc) is 3.04. The number of amides is 1. The van der Waals surface area contributed by atoms with Gasteiger partial charge in [0.05, 0.1) is 0 Å². The van der Waals surface area contributed by atoms with E-state index >= 15 is 0 Å². The average molecular weight is 266 g/mol. The summed E-state index contributed by atoms with van der Waals surface area (Å²) in [4.78, 5) is 11.5. The van der Waals surface area contributed by atoms with Gasteiger partial charge in [-0.15, -0.1) is 0 Å². The quantitative estimate of drug-likeness (QED) is 0.743. The molecule has 3 N–H and O–H groups in total. The largest absolute Gasteiger partial charge is 0.411 e. The van der Waals surface area contributed by atoms with E-state index in [1.165, 1.54) is 0 Å². The van der Waals surface area contributed by atoms with Crippen LogP contribution < -0.4 is 11.1 Å². The Morgan fingerprint density at radius 3 is 2.39 bits per heavy atom. The Labute approximate surface area is 105 Å². The number of nitrogens with one attached hydrogen (secondary N) is 1. The fraction of sp³-hybridized carbons (Fsp3) is 0.917. The normalized spacial score (nSPS) is 19.4. The summed E-state index contributed by atoms with van der Waals surface area (Å²) in [7, 11) is 0. The number of alkyl halides is 3. The highest BCUT2D eigenvalue weighted by molar-refractivity contribution is 5.77. The van der Waals surface area contributed by atoms with Gasteiger partial charge in [-0.25, -0.2) is 0 Å². The van der Waals surface area contributed by atoms with Crippen molar-refractivity contribution in [2.75, 3.05) is 6.54 Å². The number of carbonyl (C=O) groups is 1. The highest BCUT2D eigenvalue weighted by Crippen LogP contribution is 2.48. The van der Waals surface area contributed by atoms with Crippen LogP contribution in [0.25, 0.3) is 0 Å². The van der Waals surface area contributed by atoms with Gasteiger partial charge in [-0.05, 0) is 38.1 Å². The zero-order valence-electron chi connectivity index (χ0n) is 10.6. The molecule has 3 nitrogen and oxygen atoms in total. The Bertz CT molecular complexity index is 288. The summed E-state index contributed by atoms with van der Waals surface area (Å²) in [6.07, 6.45) is -1.86. The molecule has 0 aromatic rings. The van der Waals surface area contributed by atoms with E-state index in [0.29, 0.717) is 18.9 Å². The third kappa shape index (κ3) is 3.86. The van der Waals surface area contributed by atoms with Crippen molar-refractivity contribution < 1.29 is 18.0 Å². The fourth-order valence-corrected chi connectivity index (χ4v) is 2.06. The monoisotopic (exact) mass is 266 g/mol. The van der Waals surface area contributed by atoms with Gasteiger partial charge in [0, 0.05) is 6.42 Å². The minimum Gasteiger partial charge on any atom is -0.342 e. The lowest BCUT2D eigenvalue weighted by molar-refractivity contribution is -0.170. The molecule has 0 bridgehead atoms. The molecule has 106 valence electrons. The first-order valence-corrected chi connectivity index (χ1v) is 6.42. The highest BCUT2D eigenvalue weighted by Gasteiger charge is 2.64. The molecule has 1 unspecified atom stereocenters. The van der Waals surface area contributed by atoms with Gasteiger partial charge in [0.1, 0.15) is 5.54 Å². The number of nitrogens with two attached hydrogens (primary N) is 1. The molecule has 0 aromatic carbocycles. The third-order valence-corrected chi connectivity index (χ3v) is 3.60. The van der Waals surface area contributed by atoms with Crippen molar-refractivity contribution in [3.8, 4) is 0 Å². The van der Waals surface area contributed by atoms with Crippen LogP contribution in [0.4, 0.5) is 13.2 Å². The van der Waals surface area contributed by atoms with Crippen LogP contribution in [0.3, 0.4) is 0 Å². The molecule has 1 amide bonds. The molecule has 6 heteroatoms. The molecule has 0 aliphatic heterocycles. The lowest BCUT2D eigenvalue weighted by Gasteiger charge is -2.21. The van der Waals surface area contributed by atoms with Crippen molar-refractivity contribution in [1.82, 2.24) is 5.32 Å². The Morgan fingerprint density at radius 1 is 1.39 bits per heavy atom. The maximum Gasteiger partial charge on any atom is 0.411 e. The Kier molecular flexibility index (Phi) is 5.01.